The number of nitrogens with zero attached hydrogens (tertiary/aromatic N) is 1. The fraction of sp³-hybridized carbons (Fsp3) is 0. The average Bonchev–Trinajstić information content (AvgIpc) is 2.25. The Morgan fingerprint density at radius 2 is 1.94 bits per heavy atom. The zero-order chi connectivity index (χ0) is 12.4. The van der Waals surface area contributed by atoms with Crippen molar-refractivity contribution in [1.29, 1.82) is 0 Å². The van der Waals surface area contributed by atoms with Crippen molar-refractivity contribution in [3.8, 4) is 11.5 Å². The summed E-state index contributed by atoms with van der Waals surface area (Å²) in [7, 11) is 0. The van der Waals surface area contributed by atoms with Crippen LogP contribution in [0.4, 0.5) is 14.5 Å². The Kier molecular flexibility index (Phi) is 3.10. The number of halogens is 3. The molecular formula is C11H7ClF2N2O. The highest BCUT2D eigenvalue weighted by molar-refractivity contribution is 6.30. The molecule has 0 fully saturated rings. The quantitative estimate of drug-likeness (QED) is 0.838. The van der Waals surface area contributed by atoms with Gasteiger partial charge >= 0.3 is 0 Å². The van der Waals surface area contributed by atoms with Crippen LogP contribution in [0.1, 0.15) is 0 Å². The number of hydrogen-bond donors (Lipinski definition) is 1. The molecule has 0 aliphatic heterocycles. The van der Waals surface area contributed by atoms with E-state index < -0.39 is 11.6 Å². The van der Waals surface area contributed by atoms with Gasteiger partial charge in [0.15, 0.2) is 11.6 Å². The Balaban J connectivity index is 2.36. The van der Waals surface area contributed by atoms with Gasteiger partial charge in [0, 0.05) is 24.4 Å². The Hall–Kier alpha value is -1.88. The van der Waals surface area contributed by atoms with Crippen molar-refractivity contribution >= 4 is 17.3 Å². The van der Waals surface area contributed by atoms with Gasteiger partial charge in [-0.2, -0.15) is 0 Å². The Morgan fingerprint density at radius 3 is 2.65 bits per heavy atom. The van der Waals surface area contributed by atoms with Crippen molar-refractivity contribution < 1.29 is 13.5 Å². The van der Waals surface area contributed by atoms with E-state index in [0.29, 0.717) is 11.1 Å². The second-order valence-electron chi connectivity index (χ2n) is 3.24. The smallest absolute Gasteiger partial charge is 0.156 e. The predicted octanol–water partition coefficient (Wildman–Crippen LogP) is 3.39. The van der Waals surface area contributed by atoms with Gasteiger partial charge < -0.3 is 10.5 Å². The number of rotatable bonds is 2. The van der Waals surface area contributed by atoms with Crippen LogP contribution >= 0.6 is 11.6 Å². The average molecular weight is 257 g/mol. The van der Waals surface area contributed by atoms with Crippen LogP contribution in [0.15, 0.2) is 30.6 Å². The number of aromatic nitrogens is 1. The van der Waals surface area contributed by atoms with Crippen LogP contribution in [-0.4, -0.2) is 4.98 Å². The summed E-state index contributed by atoms with van der Waals surface area (Å²) in [6.45, 7) is 0. The van der Waals surface area contributed by atoms with Crippen molar-refractivity contribution in [3.05, 3.63) is 47.2 Å². The van der Waals surface area contributed by atoms with Crippen LogP contribution in [0.2, 0.25) is 5.02 Å². The summed E-state index contributed by atoms with van der Waals surface area (Å²) in [4.78, 5) is 3.77. The van der Waals surface area contributed by atoms with Gasteiger partial charge in [0.1, 0.15) is 17.3 Å². The summed E-state index contributed by atoms with van der Waals surface area (Å²) in [6.07, 6.45) is 2.76. The predicted molar refractivity (Wildman–Crippen MR) is 60.1 cm³/mol. The lowest BCUT2D eigenvalue weighted by molar-refractivity contribution is 0.470. The number of ether oxygens (including phenoxy) is 1. The second kappa shape index (κ2) is 4.55. The normalized spacial score (nSPS) is 10.3. The first-order chi connectivity index (χ1) is 8.06. The molecule has 1 aromatic heterocycles. The molecule has 2 aromatic rings. The SMILES string of the molecule is Nc1c(F)cc(F)cc1Oc1cncc(Cl)c1. The summed E-state index contributed by atoms with van der Waals surface area (Å²) >= 11 is 5.69. The minimum Gasteiger partial charge on any atom is -0.453 e. The maximum atomic E-state index is 13.1. The minimum absolute atomic E-state index is 0.119. The largest absolute Gasteiger partial charge is 0.453 e. The van der Waals surface area contributed by atoms with Gasteiger partial charge in [0.05, 0.1) is 11.2 Å². The molecule has 0 saturated heterocycles. The third kappa shape index (κ3) is 2.62. The first-order valence-corrected chi connectivity index (χ1v) is 4.97. The molecule has 0 amide bonds. The van der Waals surface area contributed by atoms with E-state index in [1.807, 2.05) is 0 Å². The molecule has 0 unspecified atom stereocenters. The van der Waals surface area contributed by atoms with Crippen molar-refractivity contribution in [2.24, 2.45) is 0 Å². The number of nitrogens with two attached hydrogens (primary N) is 1. The molecule has 2 N–H and O–H groups in total. The molecule has 0 aliphatic carbocycles. The van der Waals surface area contributed by atoms with Gasteiger partial charge in [-0.15, -0.1) is 0 Å². The van der Waals surface area contributed by atoms with E-state index in [2.05, 4.69) is 4.98 Å². The molecule has 2 rings (SSSR count). The molecule has 0 radical (unpaired) electrons. The van der Waals surface area contributed by atoms with E-state index in [9.17, 15) is 8.78 Å². The van der Waals surface area contributed by atoms with E-state index >= 15 is 0 Å². The van der Waals surface area contributed by atoms with Crippen LogP contribution in [0.5, 0.6) is 11.5 Å². The molecular weight excluding hydrogens is 250 g/mol. The summed E-state index contributed by atoms with van der Waals surface area (Å²) in [5.74, 6) is -1.53. The highest BCUT2D eigenvalue weighted by Gasteiger charge is 2.10. The highest BCUT2D eigenvalue weighted by atomic mass is 35.5. The van der Waals surface area contributed by atoms with E-state index in [1.54, 1.807) is 0 Å². The lowest BCUT2D eigenvalue weighted by Crippen LogP contribution is -1.97. The Bertz CT molecular complexity index is 563. The lowest BCUT2D eigenvalue weighted by atomic mass is 10.2. The fourth-order valence-electron chi connectivity index (χ4n) is 1.22. The maximum absolute atomic E-state index is 13.1. The monoisotopic (exact) mass is 256 g/mol. The molecule has 3 nitrogen and oxygen atoms in total. The molecule has 88 valence electrons. The molecule has 17 heavy (non-hydrogen) atoms. The first kappa shape index (κ1) is 11.6. The molecule has 0 bridgehead atoms. The van der Waals surface area contributed by atoms with Crippen LogP contribution in [0.3, 0.4) is 0 Å². The summed E-state index contributed by atoms with van der Waals surface area (Å²) in [6, 6.07) is 3.12. The van der Waals surface area contributed by atoms with Crippen LogP contribution < -0.4 is 10.5 Å². The lowest BCUT2D eigenvalue weighted by Gasteiger charge is -2.08. The van der Waals surface area contributed by atoms with Gasteiger partial charge in [0.25, 0.3) is 0 Å². The van der Waals surface area contributed by atoms with Crippen molar-refractivity contribution in [1.82, 2.24) is 4.98 Å². The number of anilines is 1. The van der Waals surface area contributed by atoms with Crippen molar-refractivity contribution in [2.45, 2.75) is 0 Å². The minimum atomic E-state index is -0.880. The fourth-order valence-corrected chi connectivity index (χ4v) is 1.38. The summed E-state index contributed by atoms with van der Waals surface area (Å²) in [5.41, 5.74) is 5.15. The van der Waals surface area contributed by atoms with Gasteiger partial charge in [-0.05, 0) is 0 Å². The van der Waals surface area contributed by atoms with Crippen LogP contribution in [0.25, 0.3) is 0 Å². The van der Waals surface area contributed by atoms with Gasteiger partial charge in [0.2, 0.25) is 0 Å². The first-order valence-electron chi connectivity index (χ1n) is 4.59. The van der Waals surface area contributed by atoms with Gasteiger partial charge in [-0.3, -0.25) is 4.98 Å². The number of benzene rings is 1. The van der Waals surface area contributed by atoms with Crippen LogP contribution in [0, 0.1) is 11.6 Å². The Labute approximate surface area is 101 Å². The van der Waals surface area contributed by atoms with Crippen molar-refractivity contribution in [3.63, 3.8) is 0 Å². The van der Waals surface area contributed by atoms with Gasteiger partial charge in [-0.25, -0.2) is 8.78 Å². The third-order valence-electron chi connectivity index (χ3n) is 1.96. The van der Waals surface area contributed by atoms with Gasteiger partial charge in [-0.1, -0.05) is 11.6 Å². The van der Waals surface area contributed by atoms with E-state index in [0.717, 1.165) is 6.07 Å². The zero-order valence-corrected chi connectivity index (χ0v) is 9.21. The van der Waals surface area contributed by atoms with Crippen molar-refractivity contribution in [2.75, 3.05) is 5.73 Å². The molecule has 1 heterocycles. The molecule has 6 heteroatoms. The molecule has 1 aromatic carbocycles. The number of nitrogen functional groups attached to an aromatic ring is 1. The number of pyridine rings is 1. The maximum Gasteiger partial charge on any atom is 0.156 e. The topological polar surface area (TPSA) is 48.1 Å². The van der Waals surface area contributed by atoms with E-state index in [1.165, 1.54) is 18.5 Å². The van der Waals surface area contributed by atoms with E-state index in [-0.39, 0.29) is 17.2 Å². The summed E-state index contributed by atoms with van der Waals surface area (Å²) < 4.78 is 31.3. The third-order valence-corrected chi connectivity index (χ3v) is 2.17. The highest BCUT2D eigenvalue weighted by Crippen LogP contribution is 2.30. The second-order valence-corrected chi connectivity index (χ2v) is 3.68. The molecule has 0 aliphatic rings. The standard InChI is InChI=1S/C11H7ClF2N2O/c12-6-1-8(5-16-4-6)17-10-3-7(13)2-9(14)11(10)15/h1-5H,15H2. The Morgan fingerprint density at radius 1 is 1.18 bits per heavy atom. The molecule has 0 saturated carbocycles. The molecule has 0 spiro atoms. The molecule has 0 atom stereocenters. The van der Waals surface area contributed by atoms with Crippen LogP contribution in [-0.2, 0) is 0 Å². The number of hydrogen-bond acceptors (Lipinski definition) is 3. The zero-order valence-electron chi connectivity index (χ0n) is 8.45. The summed E-state index contributed by atoms with van der Waals surface area (Å²) in [5, 5.41) is 0.345. The van der Waals surface area contributed by atoms with E-state index in [4.69, 9.17) is 22.1 Å².